The van der Waals surface area contributed by atoms with Gasteiger partial charge in [-0.3, -0.25) is 4.55 Å². The van der Waals surface area contributed by atoms with E-state index in [1.54, 1.807) is 26.0 Å². The van der Waals surface area contributed by atoms with Crippen LogP contribution in [0.4, 0.5) is 17.1 Å². The molecule has 0 amide bonds. The van der Waals surface area contributed by atoms with Gasteiger partial charge in [0.05, 0.1) is 0 Å². The fourth-order valence-electron chi connectivity index (χ4n) is 2.98. The number of hydrogen-bond acceptors (Lipinski definition) is 6. The summed E-state index contributed by atoms with van der Waals surface area (Å²) in [5.41, 5.74) is 8.86. The Labute approximate surface area is 156 Å². The minimum atomic E-state index is -4.46. The number of aromatic hydroxyl groups is 1. The van der Waals surface area contributed by atoms with E-state index < -0.39 is 10.1 Å². The summed E-state index contributed by atoms with van der Waals surface area (Å²) < 4.78 is 32.6. The summed E-state index contributed by atoms with van der Waals surface area (Å²) in [6.07, 6.45) is 0. The van der Waals surface area contributed by atoms with Gasteiger partial charge in [0.2, 0.25) is 0 Å². The molecule has 0 aliphatic carbocycles. The first kappa shape index (κ1) is 18.8. The van der Waals surface area contributed by atoms with Gasteiger partial charge in [-0.25, -0.2) is 0 Å². The van der Waals surface area contributed by atoms with Crippen molar-refractivity contribution >= 4 is 38.0 Å². The minimum absolute atomic E-state index is 0.0288. The first-order valence-corrected chi connectivity index (χ1v) is 9.54. The maximum Gasteiger partial charge on any atom is 0.296 e. The summed E-state index contributed by atoms with van der Waals surface area (Å²) in [6.45, 7) is 5.36. The van der Waals surface area contributed by atoms with Gasteiger partial charge >= 0.3 is 0 Å². The molecule has 0 fully saturated rings. The average Bonchev–Trinajstić information content (AvgIpc) is 2.53. The van der Waals surface area contributed by atoms with Gasteiger partial charge in [0.1, 0.15) is 16.3 Å². The lowest BCUT2D eigenvalue weighted by molar-refractivity contribution is 0.482. The largest absolute Gasteiger partial charge is 0.505 e. The molecule has 0 unspecified atom stereocenters. The molecule has 0 aromatic heterocycles. The molecular formula is C19H19N3O4S. The zero-order valence-corrected chi connectivity index (χ0v) is 15.9. The third-order valence-electron chi connectivity index (χ3n) is 4.20. The van der Waals surface area contributed by atoms with E-state index in [-0.39, 0.29) is 22.0 Å². The molecule has 0 atom stereocenters. The first-order valence-electron chi connectivity index (χ1n) is 8.10. The monoisotopic (exact) mass is 385 g/mol. The number of hydrogen-bond donors (Lipinski definition) is 3. The molecule has 0 bridgehead atoms. The molecule has 8 heteroatoms. The highest BCUT2D eigenvalue weighted by Crippen LogP contribution is 2.42. The highest BCUT2D eigenvalue weighted by atomic mass is 32.2. The number of phenols is 1. The van der Waals surface area contributed by atoms with Gasteiger partial charge in [0.15, 0.2) is 5.75 Å². The second kappa shape index (κ2) is 6.64. The summed E-state index contributed by atoms with van der Waals surface area (Å²) in [7, 11) is -4.46. The van der Waals surface area contributed by atoms with Crippen LogP contribution < -0.4 is 5.73 Å². The molecular weight excluding hydrogens is 366 g/mol. The van der Waals surface area contributed by atoms with Crippen molar-refractivity contribution in [3.8, 4) is 5.75 Å². The molecule has 3 rings (SSSR count). The average molecular weight is 385 g/mol. The lowest BCUT2D eigenvalue weighted by atomic mass is 10.0. The highest BCUT2D eigenvalue weighted by molar-refractivity contribution is 7.86. The summed E-state index contributed by atoms with van der Waals surface area (Å²) >= 11 is 0. The smallest absolute Gasteiger partial charge is 0.296 e. The van der Waals surface area contributed by atoms with Crippen LogP contribution in [0.1, 0.15) is 16.7 Å². The zero-order chi connectivity index (χ0) is 19.9. The van der Waals surface area contributed by atoms with Crippen LogP contribution in [-0.4, -0.2) is 18.1 Å². The van der Waals surface area contributed by atoms with Gasteiger partial charge in [-0.1, -0.05) is 12.1 Å². The number of benzene rings is 3. The zero-order valence-electron chi connectivity index (χ0n) is 15.1. The van der Waals surface area contributed by atoms with Gasteiger partial charge in [0, 0.05) is 11.1 Å². The first-order chi connectivity index (χ1) is 12.6. The maximum absolute atomic E-state index is 11.6. The van der Waals surface area contributed by atoms with Crippen molar-refractivity contribution in [3.05, 3.63) is 53.1 Å². The van der Waals surface area contributed by atoms with E-state index in [1.165, 1.54) is 12.1 Å². The number of nitrogens with zero attached hydrogens (tertiary/aromatic N) is 2. The molecule has 3 aromatic rings. The van der Waals surface area contributed by atoms with Crippen molar-refractivity contribution in [2.45, 2.75) is 25.7 Å². The lowest BCUT2D eigenvalue weighted by Crippen LogP contribution is -1.98. The minimum Gasteiger partial charge on any atom is -0.505 e. The molecule has 0 radical (unpaired) electrons. The fraction of sp³-hybridized carbons (Fsp3) is 0.158. The number of phenolic OH excluding ortho intramolecular Hbond substituents is 1. The second-order valence-corrected chi connectivity index (χ2v) is 7.88. The molecule has 27 heavy (non-hydrogen) atoms. The second-order valence-electron chi connectivity index (χ2n) is 6.49. The summed E-state index contributed by atoms with van der Waals surface area (Å²) in [6, 6.07) is 9.86. The van der Waals surface area contributed by atoms with Crippen LogP contribution in [0.5, 0.6) is 5.75 Å². The number of nitrogens with two attached hydrogens (primary N) is 1. The Morgan fingerprint density at radius 3 is 2.33 bits per heavy atom. The van der Waals surface area contributed by atoms with Gasteiger partial charge in [-0.05, 0) is 67.1 Å². The summed E-state index contributed by atoms with van der Waals surface area (Å²) in [5.74, 6) is -0.133. The SMILES string of the molecule is Cc1ccc(N=Nc2c(C)cc3cc(C)cc(N)c3c2O)c(S(=O)(=O)O)c1. The molecule has 3 aromatic carbocycles. The van der Waals surface area contributed by atoms with Crippen LogP contribution in [0, 0.1) is 20.8 Å². The van der Waals surface area contributed by atoms with E-state index in [1.807, 2.05) is 19.1 Å². The number of aryl methyl sites for hydroxylation is 3. The van der Waals surface area contributed by atoms with E-state index in [2.05, 4.69) is 10.2 Å². The Hall–Kier alpha value is -2.97. The summed E-state index contributed by atoms with van der Waals surface area (Å²) in [5, 5.41) is 19.9. The van der Waals surface area contributed by atoms with Crippen LogP contribution in [0.15, 0.2) is 51.5 Å². The molecule has 140 valence electrons. The van der Waals surface area contributed by atoms with Gasteiger partial charge in [-0.15, -0.1) is 10.2 Å². The van der Waals surface area contributed by atoms with Gasteiger partial charge in [0.25, 0.3) is 10.1 Å². The van der Waals surface area contributed by atoms with Crippen molar-refractivity contribution < 1.29 is 18.1 Å². The quantitative estimate of drug-likeness (QED) is 0.342. The van der Waals surface area contributed by atoms with Crippen molar-refractivity contribution in [1.29, 1.82) is 0 Å². The number of fused-ring (bicyclic) bond motifs is 1. The van der Waals surface area contributed by atoms with Crippen LogP contribution in [0.3, 0.4) is 0 Å². The summed E-state index contributed by atoms with van der Waals surface area (Å²) in [4.78, 5) is -0.348. The molecule has 4 N–H and O–H groups in total. The van der Waals surface area contributed by atoms with Crippen molar-refractivity contribution in [3.63, 3.8) is 0 Å². The fourth-order valence-corrected chi connectivity index (χ4v) is 3.69. The highest BCUT2D eigenvalue weighted by Gasteiger charge is 2.17. The predicted molar refractivity (Wildman–Crippen MR) is 105 cm³/mol. The third kappa shape index (κ3) is 3.62. The molecule has 7 nitrogen and oxygen atoms in total. The van der Waals surface area contributed by atoms with Crippen LogP contribution in [0.25, 0.3) is 10.8 Å². The van der Waals surface area contributed by atoms with E-state index in [0.29, 0.717) is 22.2 Å². The Balaban J connectivity index is 2.19. The van der Waals surface area contributed by atoms with E-state index in [0.717, 1.165) is 10.9 Å². The molecule has 0 heterocycles. The Bertz CT molecular complexity index is 1200. The van der Waals surface area contributed by atoms with Crippen LogP contribution >= 0.6 is 0 Å². The van der Waals surface area contributed by atoms with Crippen LogP contribution in [-0.2, 0) is 10.1 Å². The Kier molecular flexibility index (Phi) is 4.63. The van der Waals surface area contributed by atoms with E-state index in [9.17, 15) is 18.1 Å². The lowest BCUT2D eigenvalue weighted by Gasteiger charge is -2.11. The Morgan fingerprint density at radius 2 is 1.67 bits per heavy atom. The third-order valence-corrected chi connectivity index (χ3v) is 5.08. The molecule has 0 saturated carbocycles. The van der Waals surface area contributed by atoms with E-state index >= 15 is 0 Å². The van der Waals surface area contributed by atoms with Crippen molar-refractivity contribution in [2.75, 3.05) is 5.73 Å². The van der Waals surface area contributed by atoms with E-state index in [4.69, 9.17) is 5.73 Å². The Morgan fingerprint density at radius 1 is 0.963 bits per heavy atom. The van der Waals surface area contributed by atoms with Crippen molar-refractivity contribution in [2.24, 2.45) is 10.2 Å². The number of rotatable bonds is 3. The van der Waals surface area contributed by atoms with Crippen molar-refractivity contribution in [1.82, 2.24) is 0 Å². The molecule has 0 saturated heterocycles. The van der Waals surface area contributed by atoms with Gasteiger partial charge < -0.3 is 10.8 Å². The van der Waals surface area contributed by atoms with Gasteiger partial charge in [-0.2, -0.15) is 8.42 Å². The number of anilines is 1. The molecule has 0 aliphatic rings. The number of nitrogen functional groups attached to an aromatic ring is 1. The molecule has 0 aliphatic heterocycles. The number of azo groups is 1. The topological polar surface area (TPSA) is 125 Å². The normalized spacial score (nSPS) is 12.1. The van der Waals surface area contributed by atoms with Crippen LogP contribution in [0.2, 0.25) is 0 Å². The molecule has 0 spiro atoms. The maximum atomic E-state index is 11.6. The predicted octanol–water partition coefficient (Wildman–Crippen LogP) is 4.71. The standard InChI is InChI=1S/C19H19N3O4S/c1-10-4-5-15(16(8-10)27(24,25)26)21-22-18-12(3)9-13-6-11(2)7-14(20)17(13)19(18)23/h4-9,23H,20H2,1-3H3,(H,24,25,26).